The molecule has 1 atom stereocenters. The predicted molar refractivity (Wildman–Crippen MR) is 38.6 cm³/mol. The lowest BCUT2D eigenvalue weighted by atomic mass is 9.87. The van der Waals surface area contributed by atoms with Crippen LogP contribution in [0.5, 0.6) is 0 Å². The fraction of sp³-hybridized carbons (Fsp3) is 0.571. The van der Waals surface area contributed by atoms with Crippen molar-refractivity contribution in [2.75, 3.05) is 6.61 Å². The number of rotatable bonds is 1. The van der Waals surface area contributed by atoms with Gasteiger partial charge in [0.05, 0.1) is 6.61 Å². The van der Waals surface area contributed by atoms with Gasteiger partial charge in [0.15, 0.2) is 5.76 Å². The minimum atomic E-state index is -1.62. The molecule has 5 nitrogen and oxygen atoms in total. The molecule has 0 heterocycles. The van der Waals surface area contributed by atoms with Crippen LogP contribution in [0.3, 0.4) is 0 Å². The molecule has 1 aliphatic rings. The van der Waals surface area contributed by atoms with E-state index < -0.39 is 29.5 Å². The molecule has 0 spiro atoms. The molecule has 0 aromatic heterocycles. The normalized spacial score (nSPS) is 31.0. The van der Waals surface area contributed by atoms with E-state index >= 15 is 0 Å². The highest BCUT2D eigenvalue weighted by Crippen LogP contribution is 2.27. The van der Waals surface area contributed by atoms with Crippen LogP contribution in [0.2, 0.25) is 0 Å². The third-order valence-electron chi connectivity index (χ3n) is 1.82. The molecule has 0 unspecified atom stereocenters. The Morgan fingerprint density at radius 1 is 1.33 bits per heavy atom. The molecule has 0 bridgehead atoms. The van der Waals surface area contributed by atoms with E-state index in [4.69, 9.17) is 15.3 Å². The van der Waals surface area contributed by atoms with Crippen molar-refractivity contribution in [3.63, 3.8) is 0 Å². The number of hydrogen-bond acceptors (Lipinski definition) is 5. The van der Waals surface area contributed by atoms with Crippen molar-refractivity contribution in [1.29, 1.82) is 0 Å². The smallest absolute Gasteiger partial charge is 0.203 e. The number of carbonyl (C=O) groups is 1. The van der Waals surface area contributed by atoms with Crippen LogP contribution in [-0.2, 0) is 4.79 Å². The molecule has 12 heavy (non-hydrogen) atoms. The molecule has 68 valence electrons. The van der Waals surface area contributed by atoms with Crippen LogP contribution in [-0.4, -0.2) is 38.4 Å². The summed E-state index contributed by atoms with van der Waals surface area (Å²) in [5, 5.41) is 35.8. The van der Waals surface area contributed by atoms with Crippen LogP contribution >= 0.6 is 0 Å². The van der Waals surface area contributed by atoms with Crippen molar-refractivity contribution in [3.8, 4) is 0 Å². The maximum absolute atomic E-state index is 10.8. The lowest BCUT2D eigenvalue weighted by molar-refractivity contribution is -0.128. The molecule has 0 aliphatic heterocycles. The molecule has 5 heteroatoms. The quantitative estimate of drug-likeness (QED) is 0.425. The number of allylic oxidation sites excluding steroid dienone is 1. The van der Waals surface area contributed by atoms with Crippen LogP contribution in [0.25, 0.3) is 0 Å². The van der Waals surface area contributed by atoms with Gasteiger partial charge in [-0.3, -0.25) is 4.79 Å². The van der Waals surface area contributed by atoms with E-state index in [1.165, 1.54) is 0 Å². The molecule has 0 radical (unpaired) electrons. The summed E-state index contributed by atoms with van der Waals surface area (Å²) in [7, 11) is 0. The molecule has 0 saturated carbocycles. The summed E-state index contributed by atoms with van der Waals surface area (Å²) in [6.45, 7) is -0.615. The Hall–Kier alpha value is -1.07. The van der Waals surface area contributed by atoms with Gasteiger partial charge in [-0.1, -0.05) is 0 Å². The fourth-order valence-electron chi connectivity index (χ4n) is 1.11. The molecular weight excluding hydrogens is 164 g/mol. The number of aliphatic hydroxyl groups is 4. The Morgan fingerprint density at radius 2 is 1.92 bits per heavy atom. The summed E-state index contributed by atoms with van der Waals surface area (Å²) in [6.07, 6.45) is -0.652. The van der Waals surface area contributed by atoms with Gasteiger partial charge >= 0.3 is 0 Å². The summed E-state index contributed by atoms with van der Waals surface area (Å²) in [6, 6.07) is 0. The van der Waals surface area contributed by atoms with Crippen molar-refractivity contribution < 1.29 is 25.2 Å². The van der Waals surface area contributed by atoms with Gasteiger partial charge in [0.25, 0.3) is 0 Å². The minimum Gasteiger partial charge on any atom is -0.508 e. The maximum atomic E-state index is 10.8. The summed E-state index contributed by atoms with van der Waals surface area (Å²) < 4.78 is 0. The highest BCUT2D eigenvalue weighted by atomic mass is 16.3. The van der Waals surface area contributed by atoms with Crippen molar-refractivity contribution in [2.24, 2.45) is 0 Å². The summed E-state index contributed by atoms with van der Waals surface area (Å²) in [5.74, 6) is -2.04. The molecule has 0 saturated heterocycles. The van der Waals surface area contributed by atoms with Gasteiger partial charge in [-0.15, -0.1) is 0 Å². The van der Waals surface area contributed by atoms with Gasteiger partial charge in [0.2, 0.25) is 5.78 Å². The van der Waals surface area contributed by atoms with E-state index in [0.717, 1.165) is 0 Å². The number of carbonyl (C=O) groups excluding carboxylic acids is 1. The predicted octanol–water partition coefficient (Wildman–Crippen LogP) is -0.600. The lowest BCUT2D eigenvalue weighted by Gasteiger charge is -2.28. The standard InChI is InChI=1S/C7H10O5/c8-3-7(12)1-4(9)6(11)5(10)2-7/h8-9,11-12H,1-3H2/t7-/m0/s1. The topological polar surface area (TPSA) is 98.0 Å². The second kappa shape index (κ2) is 2.76. The number of aliphatic hydroxyl groups excluding tert-OH is 3. The van der Waals surface area contributed by atoms with E-state index in [-0.39, 0.29) is 12.8 Å². The summed E-state index contributed by atoms with van der Waals surface area (Å²) >= 11 is 0. The first-order chi connectivity index (χ1) is 5.48. The average molecular weight is 174 g/mol. The Labute approximate surface area is 68.6 Å². The zero-order valence-electron chi connectivity index (χ0n) is 6.32. The van der Waals surface area contributed by atoms with Crippen LogP contribution < -0.4 is 0 Å². The van der Waals surface area contributed by atoms with Gasteiger partial charge in [-0.05, 0) is 0 Å². The molecule has 0 amide bonds. The van der Waals surface area contributed by atoms with Crippen LogP contribution in [0, 0.1) is 0 Å². The first-order valence-electron chi connectivity index (χ1n) is 3.46. The van der Waals surface area contributed by atoms with E-state index in [0.29, 0.717) is 0 Å². The monoisotopic (exact) mass is 174 g/mol. The maximum Gasteiger partial charge on any atom is 0.203 e. The first kappa shape index (κ1) is 9.02. The molecule has 1 aliphatic carbocycles. The third-order valence-corrected chi connectivity index (χ3v) is 1.82. The van der Waals surface area contributed by atoms with Crippen LogP contribution in [0.4, 0.5) is 0 Å². The first-order valence-corrected chi connectivity index (χ1v) is 3.46. The molecule has 4 N–H and O–H groups in total. The Kier molecular flexibility index (Phi) is 2.08. The number of Topliss-reactive ketones (excluding diaryl/α,β-unsaturated/α-hetero) is 1. The van der Waals surface area contributed by atoms with Crippen molar-refractivity contribution in [1.82, 2.24) is 0 Å². The van der Waals surface area contributed by atoms with Crippen LogP contribution in [0.1, 0.15) is 12.8 Å². The Balaban J connectivity index is 2.92. The Morgan fingerprint density at radius 3 is 2.33 bits per heavy atom. The average Bonchev–Trinajstić information content (AvgIpc) is 2.00. The van der Waals surface area contributed by atoms with E-state index in [1.807, 2.05) is 0 Å². The second-order valence-corrected chi connectivity index (χ2v) is 2.95. The minimum absolute atomic E-state index is 0.291. The SMILES string of the molecule is O=C1C[C@](O)(CO)CC(O)=C1O. The summed E-state index contributed by atoms with van der Waals surface area (Å²) in [4.78, 5) is 10.8. The van der Waals surface area contributed by atoms with Crippen molar-refractivity contribution in [3.05, 3.63) is 11.5 Å². The molecular formula is C7H10O5. The molecule has 0 aromatic carbocycles. The molecule has 0 fully saturated rings. The van der Waals surface area contributed by atoms with Gasteiger partial charge < -0.3 is 20.4 Å². The van der Waals surface area contributed by atoms with Gasteiger partial charge in [0, 0.05) is 12.8 Å². The third kappa shape index (κ3) is 1.41. The van der Waals surface area contributed by atoms with Crippen LogP contribution in [0.15, 0.2) is 11.5 Å². The van der Waals surface area contributed by atoms with Gasteiger partial charge in [-0.25, -0.2) is 0 Å². The zero-order valence-corrected chi connectivity index (χ0v) is 6.32. The van der Waals surface area contributed by atoms with Crippen molar-refractivity contribution in [2.45, 2.75) is 18.4 Å². The molecule has 1 rings (SSSR count). The van der Waals surface area contributed by atoms with E-state index in [2.05, 4.69) is 0 Å². The largest absolute Gasteiger partial charge is 0.508 e. The zero-order chi connectivity index (χ0) is 9.35. The fourth-order valence-corrected chi connectivity index (χ4v) is 1.11. The van der Waals surface area contributed by atoms with E-state index in [1.54, 1.807) is 0 Å². The van der Waals surface area contributed by atoms with Gasteiger partial charge in [0.1, 0.15) is 11.4 Å². The molecule has 0 aromatic rings. The van der Waals surface area contributed by atoms with Crippen molar-refractivity contribution >= 4 is 5.78 Å². The lowest BCUT2D eigenvalue weighted by Crippen LogP contribution is -2.40. The van der Waals surface area contributed by atoms with Gasteiger partial charge in [-0.2, -0.15) is 0 Å². The Bertz CT molecular complexity index is 244. The highest BCUT2D eigenvalue weighted by Gasteiger charge is 2.38. The number of hydrogen-bond donors (Lipinski definition) is 4. The van der Waals surface area contributed by atoms with E-state index in [9.17, 15) is 9.90 Å². The summed E-state index contributed by atoms with van der Waals surface area (Å²) in [5.41, 5.74) is -1.62. The second-order valence-electron chi connectivity index (χ2n) is 2.95. The number of ketones is 1. The highest BCUT2D eigenvalue weighted by molar-refractivity contribution is 5.95.